The van der Waals surface area contributed by atoms with Crippen LogP contribution in [-0.2, 0) is 17.6 Å². The molecule has 5 heteroatoms. The first-order valence-corrected chi connectivity index (χ1v) is 9.89. The van der Waals surface area contributed by atoms with Crippen LogP contribution >= 0.6 is 0 Å². The molecule has 1 aromatic carbocycles. The summed E-state index contributed by atoms with van der Waals surface area (Å²) in [4.78, 5) is 16.8. The van der Waals surface area contributed by atoms with Crippen LogP contribution in [-0.4, -0.2) is 48.3 Å². The predicted octanol–water partition coefficient (Wildman–Crippen LogP) is 3.34. The van der Waals surface area contributed by atoms with Gasteiger partial charge in [0, 0.05) is 31.4 Å². The minimum atomic E-state index is -0.453. The first-order chi connectivity index (χ1) is 12.3. The molecule has 2 aliphatic rings. The highest BCUT2D eigenvalue weighted by atomic mass is 16.6. The molecule has 26 heavy (non-hydrogen) atoms. The first-order valence-electron chi connectivity index (χ1n) is 9.89. The Morgan fingerprint density at radius 2 is 2.04 bits per heavy atom. The van der Waals surface area contributed by atoms with E-state index in [0.29, 0.717) is 12.6 Å². The van der Waals surface area contributed by atoms with E-state index in [4.69, 9.17) is 10.5 Å². The fourth-order valence-electron chi connectivity index (χ4n) is 3.97. The number of ether oxygens (including phenoxy) is 1. The van der Waals surface area contributed by atoms with E-state index < -0.39 is 5.60 Å². The van der Waals surface area contributed by atoms with Gasteiger partial charge in [0.05, 0.1) is 6.04 Å². The van der Waals surface area contributed by atoms with Crippen LogP contribution in [0.2, 0.25) is 0 Å². The molecule has 1 fully saturated rings. The summed E-state index contributed by atoms with van der Waals surface area (Å²) in [6.07, 6.45) is 3.86. The summed E-state index contributed by atoms with van der Waals surface area (Å²) >= 11 is 0. The highest BCUT2D eigenvalue weighted by Gasteiger charge is 2.32. The quantitative estimate of drug-likeness (QED) is 0.880. The molecule has 5 nitrogen and oxygen atoms in total. The van der Waals surface area contributed by atoms with Crippen molar-refractivity contribution in [3.8, 4) is 0 Å². The molecule has 0 saturated carbocycles. The minimum Gasteiger partial charge on any atom is -0.444 e. The Labute approximate surface area is 157 Å². The largest absolute Gasteiger partial charge is 0.444 e. The zero-order valence-corrected chi connectivity index (χ0v) is 16.6. The van der Waals surface area contributed by atoms with E-state index in [1.165, 1.54) is 16.8 Å². The van der Waals surface area contributed by atoms with E-state index in [1.807, 2.05) is 25.7 Å². The average molecular weight is 360 g/mol. The van der Waals surface area contributed by atoms with Gasteiger partial charge in [0.15, 0.2) is 0 Å². The maximum absolute atomic E-state index is 12.5. The lowest BCUT2D eigenvalue weighted by molar-refractivity contribution is 0.0137. The van der Waals surface area contributed by atoms with E-state index in [2.05, 4.69) is 30.0 Å². The maximum Gasteiger partial charge on any atom is 0.410 e. The molecular weight excluding hydrogens is 326 g/mol. The van der Waals surface area contributed by atoms with E-state index in [1.54, 1.807) is 0 Å². The van der Waals surface area contributed by atoms with Crippen molar-refractivity contribution < 1.29 is 9.53 Å². The van der Waals surface area contributed by atoms with Crippen LogP contribution in [0.1, 0.15) is 51.7 Å². The normalized spacial score (nSPS) is 23.6. The van der Waals surface area contributed by atoms with E-state index in [9.17, 15) is 4.79 Å². The first kappa shape index (κ1) is 19.0. The molecule has 1 heterocycles. The Kier molecular flexibility index (Phi) is 5.47. The van der Waals surface area contributed by atoms with Crippen LogP contribution in [0.3, 0.4) is 0 Å². The SMILES string of the molecule is CC[C@@H]1CN(c2ccc3c(c2)CC[C@H](N)C3)CCN1C(=O)OC(C)(C)C. The van der Waals surface area contributed by atoms with Gasteiger partial charge in [0.1, 0.15) is 5.60 Å². The summed E-state index contributed by atoms with van der Waals surface area (Å²) in [6.45, 7) is 10.3. The Bertz CT molecular complexity index is 653. The number of hydrogen-bond donors (Lipinski definition) is 1. The second-order valence-corrected chi connectivity index (χ2v) is 8.64. The van der Waals surface area contributed by atoms with E-state index in [-0.39, 0.29) is 12.1 Å². The molecule has 1 aromatic rings. The number of nitrogens with two attached hydrogens (primary N) is 1. The van der Waals surface area contributed by atoms with Crippen molar-refractivity contribution >= 4 is 11.8 Å². The van der Waals surface area contributed by atoms with Gasteiger partial charge in [0.2, 0.25) is 0 Å². The minimum absolute atomic E-state index is 0.183. The Morgan fingerprint density at radius 3 is 2.73 bits per heavy atom. The van der Waals surface area contributed by atoms with Crippen LogP contribution in [0.4, 0.5) is 10.5 Å². The molecule has 0 spiro atoms. The van der Waals surface area contributed by atoms with Crippen molar-refractivity contribution in [2.24, 2.45) is 5.73 Å². The number of amides is 1. The predicted molar refractivity (Wildman–Crippen MR) is 106 cm³/mol. The third-order valence-corrected chi connectivity index (χ3v) is 5.40. The van der Waals surface area contributed by atoms with E-state index in [0.717, 1.165) is 38.8 Å². The lowest BCUT2D eigenvalue weighted by Gasteiger charge is -2.42. The molecule has 3 rings (SSSR count). The lowest BCUT2D eigenvalue weighted by atomic mass is 9.88. The van der Waals surface area contributed by atoms with Gasteiger partial charge in [-0.05, 0) is 69.7 Å². The zero-order valence-electron chi connectivity index (χ0n) is 16.6. The summed E-state index contributed by atoms with van der Waals surface area (Å²) in [5.41, 5.74) is 9.74. The molecule has 144 valence electrons. The molecule has 1 saturated heterocycles. The number of aryl methyl sites for hydroxylation is 1. The number of rotatable bonds is 2. The highest BCUT2D eigenvalue weighted by molar-refractivity contribution is 5.69. The number of nitrogens with zero attached hydrogens (tertiary/aromatic N) is 2. The van der Waals surface area contributed by atoms with Crippen LogP contribution in [0.15, 0.2) is 18.2 Å². The molecule has 0 bridgehead atoms. The summed E-state index contributed by atoms with van der Waals surface area (Å²) in [6, 6.07) is 7.27. The van der Waals surface area contributed by atoms with Gasteiger partial charge in [-0.3, -0.25) is 0 Å². The monoisotopic (exact) mass is 359 g/mol. The number of carbonyl (C=O) groups is 1. The Balaban J connectivity index is 1.70. The summed E-state index contributed by atoms with van der Waals surface area (Å²) in [5, 5.41) is 0. The van der Waals surface area contributed by atoms with Crippen molar-refractivity contribution in [2.75, 3.05) is 24.5 Å². The Hall–Kier alpha value is -1.75. The van der Waals surface area contributed by atoms with Crippen LogP contribution in [0, 0.1) is 0 Å². The maximum atomic E-state index is 12.5. The summed E-state index contributed by atoms with van der Waals surface area (Å²) in [5.74, 6) is 0. The van der Waals surface area contributed by atoms with Gasteiger partial charge >= 0.3 is 6.09 Å². The van der Waals surface area contributed by atoms with Crippen molar-refractivity contribution in [3.63, 3.8) is 0 Å². The van der Waals surface area contributed by atoms with Crippen molar-refractivity contribution in [1.82, 2.24) is 4.90 Å². The van der Waals surface area contributed by atoms with Crippen molar-refractivity contribution in [1.29, 1.82) is 0 Å². The number of fused-ring (bicyclic) bond motifs is 1. The Morgan fingerprint density at radius 1 is 1.27 bits per heavy atom. The number of piperazine rings is 1. The smallest absolute Gasteiger partial charge is 0.410 e. The molecule has 1 aliphatic carbocycles. The third kappa shape index (κ3) is 4.32. The van der Waals surface area contributed by atoms with Gasteiger partial charge in [-0.2, -0.15) is 0 Å². The third-order valence-electron chi connectivity index (χ3n) is 5.40. The molecule has 2 atom stereocenters. The highest BCUT2D eigenvalue weighted by Crippen LogP contribution is 2.28. The van der Waals surface area contributed by atoms with Gasteiger partial charge in [-0.1, -0.05) is 13.0 Å². The molecule has 0 aromatic heterocycles. The van der Waals surface area contributed by atoms with Gasteiger partial charge in [-0.25, -0.2) is 4.79 Å². The average Bonchev–Trinajstić information content (AvgIpc) is 2.59. The molecule has 2 N–H and O–H groups in total. The van der Waals surface area contributed by atoms with E-state index >= 15 is 0 Å². The van der Waals surface area contributed by atoms with Crippen LogP contribution in [0.25, 0.3) is 0 Å². The molecule has 1 aliphatic heterocycles. The molecule has 1 amide bonds. The molecular formula is C21H33N3O2. The lowest BCUT2D eigenvalue weighted by Crippen LogP contribution is -2.56. The standard InChI is InChI=1S/C21H33N3O2/c1-5-18-14-23(10-11-24(18)20(25)26-21(2,3)4)19-9-7-15-12-17(22)8-6-16(15)13-19/h7,9,13,17-18H,5-6,8,10-12,14,22H2,1-4H3/t17-,18+/m0/s1. The number of anilines is 1. The number of hydrogen-bond acceptors (Lipinski definition) is 4. The van der Waals surface area contributed by atoms with Crippen LogP contribution < -0.4 is 10.6 Å². The molecule has 0 radical (unpaired) electrons. The second kappa shape index (κ2) is 7.47. The zero-order chi connectivity index (χ0) is 18.9. The van der Waals surface area contributed by atoms with Gasteiger partial charge < -0.3 is 20.3 Å². The second-order valence-electron chi connectivity index (χ2n) is 8.64. The molecule has 0 unspecified atom stereocenters. The number of carbonyl (C=O) groups excluding carboxylic acids is 1. The fraction of sp³-hybridized carbons (Fsp3) is 0.667. The van der Waals surface area contributed by atoms with Crippen LogP contribution in [0.5, 0.6) is 0 Å². The topological polar surface area (TPSA) is 58.8 Å². The van der Waals surface area contributed by atoms with Crippen molar-refractivity contribution in [3.05, 3.63) is 29.3 Å². The number of benzene rings is 1. The van der Waals surface area contributed by atoms with Gasteiger partial charge in [-0.15, -0.1) is 0 Å². The van der Waals surface area contributed by atoms with Crippen molar-refractivity contribution in [2.45, 2.75) is 71.1 Å². The fourth-order valence-corrected chi connectivity index (χ4v) is 3.97. The van der Waals surface area contributed by atoms with Gasteiger partial charge in [0.25, 0.3) is 0 Å². The summed E-state index contributed by atoms with van der Waals surface area (Å²) < 4.78 is 5.59. The summed E-state index contributed by atoms with van der Waals surface area (Å²) in [7, 11) is 0.